The van der Waals surface area contributed by atoms with Crippen molar-refractivity contribution in [2.45, 2.75) is 20.0 Å². The van der Waals surface area contributed by atoms with Crippen LogP contribution in [0.25, 0.3) is 10.6 Å². The van der Waals surface area contributed by atoms with E-state index in [1.54, 1.807) is 18.6 Å². The minimum Gasteiger partial charge on any atom is -0.497 e. The van der Waals surface area contributed by atoms with E-state index in [9.17, 15) is 9.59 Å². The lowest BCUT2D eigenvalue weighted by Gasteiger charge is -2.13. The predicted molar refractivity (Wildman–Crippen MR) is 109 cm³/mol. The number of esters is 1. The lowest BCUT2D eigenvalue weighted by atomic mass is 10.2. The number of hydrogen-bond acceptors (Lipinski definition) is 6. The fourth-order valence-electron chi connectivity index (χ4n) is 2.47. The zero-order valence-electron chi connectivity index (χ0n) is 15.8. The van der Waals surface area contributed by atoms with Crippen LogP contribution in [0.3, 0.4) is 0 Å². The number of anilines is 1. The standard InChI is InChI=1S/C21H20N2O4S/c1-13-5-4-6-16(11-13)22-19(24)14(2)27-21(25)18-12-28-20(23-18)15-7-9-17(26-3)10-8-15/h4-12,14H,1-3H3,(H,22,24). The van der Waals surface area contributed by atoms with Crippen LogP contribution >= 0.6 is 11.3 Å². The molecule has 28 heavy (non-hydrogen) atoms. The van der Waals surface area contributed by atoms with Crippen LogP contribution < -0.4 is 10.1 Å². The molecule has 1 unspecified atom stereocenters. The molecule has 3 aromatic rings. The van der Waals surface area contributed by atoms with Gasteiger partial charge < -0.3 is 14.8 Å². The van der Waals surface area contributed by atoms with Gasteiger partial charge in [0.1, 0.15) is 10.8 Å². The number of thiazole rings is 1. The van der Waals surface area contributed by atoms with E-state index in [0.29, 0.717) is 10.7 Å². The number of aromatic nitrogens is 1. The number of nitrogens with zero attached hydrogens (tertiary/aromatic N) is 1. The minimum absolute atomic E-state index is 0.172. The van der Waals surface area contributed by atoms with Crippen molar-refractivity contribution in [1.82, 2.24) is 4.98 Å². The van der Waals surface area contributed by atoms with E-state index in [0.717, 1.165) is 16.9 Å². The zero-order chi connectivity index (χ0) is 20.1. The van der Waals surface area contributed by atoms with Crippen molar-refractivity contribution < 1.29 is 19.1 Å². The van der Waals surface area contributed by atoms with Crippen molar-refractivity contribution in [2.24, 2.45) is 0 Å². The summed E-state index contributed by atoms with van der Waals surface area (Å²) < 4.78 is 10.4. The molecule has 6 nitrogen and oxygen atoms in total. The number of aryl methyl sites for hydroxylation is 1. The maximum Gasteiger partial charge on any atom is 0.358 e. The number of carbonyl (C=O) groups is 2. The van der Waals surface area contributed by atoms with Crippen LogP contribution in [-0.4, -0.2) is 30.1 Å². The molecule has 0 aliphatic heterocycles. The third-order valence-corrected chi connectivity index (χ3v) is 4.88. The van der Waals surface area contributed by atoms with Crippen LogP contribution in [0.15, 0.2) is 53.9 Å². The summed E-state index contributed by atoms with van der Waals surface area (Å²) in [6.07, 6.45) is -0.945. The quantitative estimate of drug-likeness (QED) is 0.628. The maximum atomic E-state index is 12.3. The van der Waals surface area contributed by atoms with Gasteiger partial charge in [0.15, 0.2) is 11.8 Å². The molecule has 0 radical (unpaired) electrons. The first kappa shape index (κ1) is 19.6. The smallest absolute Gasteiger partial charge is 0.358 e. The molecule has 0 bridgehead atoms. The molecule has 1 N–H and O–H groups in total. The van der Waals surface area contributed by atoms with E-state index in [1.165, 1.54) is 18.3 Å². The highest BCUT2D eigenvalue weighted by Crippen LogP contribution is 2.26. The van der Waals surface area contributed by atoms with Gasteiger partial charge in [0.05, 0.1) is 7.11 Å². The molecule has 1 aromatic heterocycles. The molecule has 1 amide bonds. The molecule has 0 aliphatic carbocycles. The van der Waals surface area contributed by atoms with Crippen molar-refractivity contribution in [3.63, 3.8) is 0 Å². The Kier molecular flexibility index (Phi) is 6.06. The number of amides is 1. The second-order valence-electron chi connectivity index (χ2n) is 6.17. The van der Waals surface area contributed by atoms with Gasteiger partial charge in [0.25, 0.3) is 5.91 Å². The minimum atomic E-state index is -0.945. The molecule has 3 rings (SSSR count). The summed E-state index contributed by atoms with van der Waals surface area (Å²) in [7, 11) is 1.60. The van der Waals surface area contributed by atoms with Gasteiger partial charge in [0.2, 0.25) is 0 Å². The summed E-state index contributed by atoms with van der Waals surface area (Å²) in [6.45, 7) is 3.46. The largest absolute Gasteiger partial charge is 0.497 e. The Morgan fingerprint density at radius 1 is 1.14 bits per heavy atom. The van der Waals surface area contributed by atoms with Gasteiger partial charge in [0, 0.05) is 16.6 Å². The molecule has 7 heteroatoms. The molecule has 0 aliphatic rings. The van der Waals surface area contributed by atoms with Crippen LogP contribution in [0, 0.1) is 6.92 Å². The predicted octanol–water partition coefficient (Wildman–Crippen LogP) is 4.31. The third-order valence-electron chi connectivity index (χ3n) is 3.99. The molecular weight excluding hydrogens is 376 g/mol. The molecule has 0 saturated heterocycles. The SMILES string of the molecule is COc1ccc(-c2nc(C(=O)OC(C)C(=O)Nc3cccc(C)c3)cs2)cc1. The van der Waals surface area contributed by atoms with Crippen LogP contribution in [0.5, 0.6) is 5.75 Å². The van der Waals surface area contributed by atoms with E-state index in [1.807, 2.05) is 49.4 Å². The Hall–Kier alpha value is -3.19. The fourth-order valence-corrected chi connectivity index (χ4v) is 3.27. The lowest BCUT2D eigenvalue weighted by Crippen LogP contribution is -2.30. The number of carbonyl (C=O) groups excluding carboxylic acids is 2. The lowest BCUT2D eigenvalue weighted by molar-refractivity contribution is -0.123. The number of rotatable bonds is 6. The van der Waals surface area contributed by atoms with E-state index >= 15 is 0 Å². The second-order valence-corrected chi connectivity index (χ2v) is 7.03. The van der Waals surface area contributed by atoms with Crippen molar-refractivity contribution in [1.29, 1.82) is 0 Å². The van der Waals surface area contributed by atoms with E-state index < -0.39 is 18.0 Å². The summed E-state index contributed by atoms with van der Waals surface area (Å²) in [5, 5.41) is 5.04. The Labute approximate surface area is 167 Å². The van der Waals surface area contributed by atoms with Gasteiger partial charge >= 0.3 is 5.97 Å². The number of ether oxygens (including phenoxy) is 2. The van der Waals surface area contributed by atoms with Crippen molar-refractivity contribution in [2.75, 3.05) is 12.4 Å². The number of hydrogen-bond donors (Lipinski definition) is 1. The third kappa shape index (κ3) is 4.75. The van der Waals surface area contributed by atoms with Gasteiger partial charge in [-0.05, 0) is 55.8 Å². The summed E-state index contributed by atoms with van der Waals surface area (Å²) in [4.78, 5) is 28.9. The summed E-state index contributed by atoms with van der Waals surface area (Å²) in [5.41, 5.74) is 2.72. The fraction of sp³-hybridized carbons (Fsp3) is 0.190. The average Bonchev–Trinajstić information content (AvgIpc) is 3.18. The highest BCUT2D eigenvalue weighted by molar-refractivity contribution is 7.13. The van der Waals surface area contributed by atoms with Gasteiger partial charge in [-0.25, -0.2) is 9.78 Å². The molecule has 0 fully saturated rings. The molecule has 0 spiro atoms. The maximum absolute atomic E-state index is 12.3. The second kappa shape index (κ2) is 8.67. The number of benzene rings is 2. The topological polar surface area (TPSA) is 77.5 Å². The van der Waals surface area contributed by atoms with Crippen LogP contribution in [0.1, 0.15) is 23.0 Å². The van der Waals surface area contributed by atoms with Crippen LogP contribution in [-0.2, 0) is 9.53 Å². The molecule has 0 saturated carbocycles. The summed E-state index contributed by atoms with van der Waals surface area (Å²) in [6, 6.07) is 14.8. The van der Waals surface area contributed by atoms with Crippen molar-refractivity contribution in [3.05, 3.63) is 65.2 Å². The Morgan fingerprint density at radius 3 is 2.57 bits per heavy atom. The van der Waals surface area contributed by atoms with E-state index in [2.05, 4.69) is 10.3 Å². The molecule has 144 valence electrons. The van der Waals surface area contributed by atoms with E-state index in [-0.39, 0.29) is 5.69 Å². The average molecular weight is 396 g/mol. The Balaban J connectivity index is 1.62. The van der Waals surface area contributed by atoms with Crippen molar-refractivity contribution in [3.8, 4) is 16.3 Å². The highest BCUT2D eigenvalue weighted by Gasteiger charge is 2.21. The molecular formula is C21H20N2O4S. The Morgan fingerprint density at radius 2 is 1.89 bits per heavy atom. The molecule has 1 atom stereocenters. The van der Waals surface area contributed by atoms with Gasteiger partial charge in [-0.1, -0.05) is 12.1 Å². The molecule has 1 heterocycles. The first-order valence-corrected chi connectivity index (χ1v) is 9.52. The number of methoxy groups -OCH3 is 1. The monoisotopic (exact) mass is 396 g/mol. The van der Waals surface area contributed by atoms with Crippen LogP contribution in [0.4, 0.5) is 5.69 Å². The summed E-state index contributed by atoms with van der Waals surface area (Å²) >= 11 is 1.33. The first-order chi connectivity index (χ1) is 13.5. The zero-order valence-corrected chi connectivity index (χ0v) is 16.6. The van der Waals surface area contributed by atoms with Gasteiger partial charge in [-0.2, -0.15) is 0 Å². The first-order valence-electron chi connectivity index (χ1n) is 8.64. The summed E-state index contributed by atoms with van der Waals surface area (Å²) in [5.74, 6) is -0.291. The highest BCUT2D eigenvalue weighted by atomic mass is 32.1. The van der Waals surface area contributed by atoms with Crippen molar-refractivity contribution >= 4 is 28.9 Å². The Bertz CT molecular complexity index is 982. The van der Waals surface area contributed by atoms with Crippen LogP contribution in [0.2, 0.25) is 0 Å². The van der Waals surface area contributed by atoms with Gasteiger partial charge in [-0.3, -0.25) is 4.79 Å². The van der Waals surface area contributed by atoms with E-state index in [4.69, 9.17) is 9.47 Å². The number of nitrogens with one attached hydrogen (secondary N) is 1. The van der Waals surface area contributed by atoms with Gasteiger partial charge in [-0.15, -0.1) is 11.3 Å². The normalized spacial score (nSPS) is 11.5. The molecule has 2 aromatic carbocycles.